The highest BCUT2D eigenvalue weighted by Crippen LogP contribution is 2.11. The Kier molecular flexibility index (Phi) is 3.65. The summed E-state index contributed by atoms with van der Waals surface area (Å²) in [6.45, 7) is 2.02. The number of hydrogen-bond acceptors (Lipinski definition) is 4. The summed E-state index contributed by atoms with van der Waals surface area (Å²) in [5.41, 5.74) is 0. The molecule has 0 aliphatic carbocycles. The number of likely N-dealkylation sites (tertiary alicyclic amines) is 1. The molecule has 0 aromatic carbocycles. The van der Waals surface area contributed by atoms with Crippen molar-refractivity contribution in [1.82, 2.24) is 4.90 Å². The number of piperidine rings is 1. The highest BCUT2D eigenvalue weighted by Gasteiger charge is 2.25. The molecule has 0 aromatic heterocycles. The topological polar surface area (TPSA) is 38.8 Å². The zero-order valence-electron chi connectivity index (χ0n) is 7.58. The normalized spacial score (nSPS) is 26.2. The summed E-state index contributed by atoms with van der Waals surface area (Å²) >= 11 is 0. The van der Waals surface area contributed by atoms with Gasteiger partial charge in [0.05, 0.1) is 19.6 Å². The minimum atomic E-state index is -0.0105. The van der Waals surface area contributed by atoms with Crippen LogP contribution in [0.25, 0.3) is 0 Å². The molecule has 0 aromatic rings. The van der Waals surface area contributed by atoms with Crippen LogP contribution >= 0.6 is 0 Å². The lowest BCUT2D eigenvalue weighted by molar-refractivity contribution is -0.279. The molecule has 1 rings (SSSR count). The molecule has 1 unspecified atom stereocenters. The number of rotatable bonds is 3. The van der Waals surface area contributed by atoms with Crippen LogP contribution in [0, 0.1) is 5.92 Å². The highest BCUT2D eigenvalue weighted by molar-refractivity contribution is 5.82. The van der Waals surface area contributed by atoms with Crippen molar-refractivity contribution in [3.8, 4) is 0 Å². The van der Waals surface area contributed by atoms with Gasteiger partial charge in [-0.3, -0.25) is 4.79 Å². The third-order valence-electron chi connectivity index (χ3n) is 2.11. The molecule has 1 atom stereocenters. The lowest BCUT2D eigenvalue weighted by Gasteiger charge is -2.27. The molecule has 0 amide bonds. The van der Waals surface area contributed by atoms with E-state index in [0.29, 0.717) is 13.0 Å². The van der Waals surface area contributed by atoms with Gasteiger partial charge >= 0.3 is 0 Å². The summed E-state index contributed by atoms with van der Waals surface area (Å²) in [4.78, 5) is 22.6. The third-order valence-corrected chi connectivity index (χ3v) is 2.11. The fourth-order valence-corrected chi connectivity index (χ4v) is 1.37. The second kappa shape index (κ2) is 4.54. The first-order valence-corrected chi connectivity index (χ1v) is 4.11. The van der Waals surface area contributed by atoms with Gasteiger partial charge in [0.2, 0.25) is 0 Å². The number of carbonyl (C=O) groups excluding carboxylic acids is 1. The zero-order valence-corrected chi connectivity index (χ0v) is 7.58. The van der Waals surface area contributed by atoms with Gasteiger partial charge in [0.1, 0.15) is 5.78 Å². The van der Waals surface area contributed by atoms with Gasteiger partial charge in [-0.2, -0.15) is 0 Å². The maximum Gasteiger partial charge on any atom is 0.140 e. The van der Waals surface area contributed by atoms with Gasteiger partial charge in [-0.05, 0) is 7.05 Å². The van der Waals surface area contributed by atoms with Crippen molar-refractivity contribution in [2.24, 2.45) is 5.92 Å². The van der Waals surface area contributed by atoms with Crippen LogP contribution < -0.4 is 0 Å². The maximum atomic E-state index is 11.3. The monoisotopic (exact) mass is 173 g/mol. The fourth-order valence-electron chi connectivity index (χ4n) is 1.37. The van der Waals surface area contributed by atoms with E-state index in [-0.39, 0.29) is 11.7 Å². The summed E-state index contributed by atoms with van der Waals surface area (Å²) in [6, 6.07) is 0. The number of nitrogens with zero attached hydrogens (tertiary/aromatic N) is 1. The van der Waals surface area contributed by atoms with Gasteiger partial charge in [0, 0.05) is 19.5 Å². The Bertz CT molecular complexity index is 160. The molecule has 0 radical (unpaired) electrons. The summed E-state index contributed by atoms with van der Waals surface area (Å²) in [6.07, 6.45) is 0.633. The van der Waals surface area contributed by atoms with E-state index in [1.807, 2.05) is 7.05 Å². The Labute approximate surface area is 72.4 Å². The third kappa shape index (κ3) is 2.55. The summed E-state index contributed by atoms with van der Waals surface area (Å²) < 4.78 is 0. The molecular formula is C8H15NO3. The van der Waals surface area contributed by atoms with Crippen molar-refractivity contribution in [2.45, 2.75) is 6.42 Å². The van der Waals surface area contributed by atoms with E-state index in [1.165, 1.54) is 7.11 Å². The molecular weight excluding hydrogens is 158 g/mol. The lowest BCUT2D eigenvalue weighted by atomic mass is 9.98. The Morgan fingerprint density at radius 2 is 2.42 bits per heavy atom. The smallest absolute Gasteiger partial charge is 0.140 e. The number of hydrogen-bond donors (Lipinski definition) is 0. The maximum absolute atomic E-state index is 11.3. The molecule has 4 heteroatoms. The van der Waals surface area contributed by atoms with E-state index in [1.54, 1.807) is 0 Å². The Hall–Kier alpha value is -0.450. The quantitative estimate of drug-likeness (QED) is 0.447. The number of Topliss-reactive ketones (excluding diaryl/α,β-unsaturated/α-hetero) is 1. The highest BCUT2D eigenvalue weighted by atomic mass is 17.2. The molecule has 1 aliphatic heterocycles. The van der Waals surface area contributed by atoms with Gasteiger partial charge in [0.15, 0.2) is 0 Å². The molecule has 1 aliphatic rings. The van der Waals surface area contributed by atoms with Crippen LogP contribution in [0.3, 0.4) is 0 Å². The second-order valence-corrected chi connectivity index (χ2v) is 3.13. The minimum Gasteiger partial charge on any atom is -0.305 e. The SMILES string of the molecule is COOCC1CN(C)CCC1=O. The van der Waals surface area contributed by atoms with Crippen molar-refractivity contribution >= 4 is 5.78 Å². The van der Waals surface area contributed by atoms with Crippen LogP contribution in [0.1, 0.15) is 6.42 Å². The van der Waals surface area contributed by atoms with Crippen molar-refractivity contribution in [2.75, 3.05) is 33.9 Å². The zero-order chi connectivity index (χ0) is 8.97. The summed E-state index contributed by atoms with van der Waals surface area (Å²) in [7, 11) is 3.46. The van der Waals surface area contributed by atoms with E-state index in [0.717, 1.165) is 13.1 Å². The first kappa shape index (κ1) is 9.64. The van der Waals surface area contributed by atoms with Gasteiger partial charge < -0.3 is 4.90 Å². The van der Waals surface area contributed by atoms with Crippen molar-refractivity contribution in [1.29, 1.82) is 0 Å². The van der Waals surface area contributed by atoms with E-state index in [9.17, 15) is 4.79 Å². The van der Waals surface area contributed by atoms with Gasteiger partial charge in [0.25, 0.3) is 0 Å². The predicted octanol–water partition coefficient (Wildman–Crippen LogP) is 0.0852. The van der Waals surface area contributed by atoms with Crippen LogP contribution in [-0.2, 0) is 14.6 Å². The summed E-state index contributed by atoms with van der Waals surface area (Å²) in [5, 5.41) is 0. The van der Waals surface area contributed by atoms with Crippen LogP contribution in [0.2, 0.25) is 0 Å². The molecule has 4 nitrogen and oxygen atoms in total. The lowest BCUT2D eigenvalue weighted by Crippen LogP contribution is -2.40. The first-order chi connectivity index (χ1) is 5.74. The van der Waals surface area contributed by atoms with Crippen LogP contribution in [-0.4, -0.2) is 44.5 Å². The Balaban J connectivity index is 2.33. The molecule has 1 heterocycles. The molecule has 0 saturated carbocycles. The van der Waals surface area contributed by atoms with Crippen LogP contribution in [0.15, 0.2) is 0 Å². The fraction of sp³-hybridized carbons (Fsp3) is 0.875. The summed E-state index contributed by atoms with van der Waals surface area (Å²) in [5.74, 6) is 0.272. The van der Waals surface area contributed by atoms with Crippen LogP contribution in [0.4, 0.5) is 0 Å². The minimum absolute atomic E-state index is 0.0105. The van der Waals surface area contributed by atoms with Crippen LogP contribution in [0.5, 0.6) is 0 Å². The standard InChI is InChI=1S/C8H15NO3/c1-9-4-3-8(10)7(5-9)6-12-11-2/h7H,3-6H2,1-2H3. The predicted molar refractivity (Wildman–Crippen MR) is 43.6 cm³/mol. The number of carbonyl (C=O) groups is 1. The van der Waals surface area contributed by atoms with E-state index < -0.39 is 0 Å². The van der Waals surface area contributed by atoms with Gasteiger partial charge in [-0.1, -0.05) is 0 Å². The van der Waals surface area contributed by atoms with Crippen molar-refractivity contribution < 1.29 is 14.6 Å². The average Bonchev–Trinajstić information content (AvgIpc) is 2.07. The number of ketones is 1. The molecule has 0 spiro atoms. The second-order valence-electron chi connectivity index (χ2n) is 3.13. The van der Waals surface area contributed by atoms with Crippen molar-refractivity contribution in [3.63, 3.8) is 0 Å². The molecule has 0 N–H and O–H groups in total. The molecule has 70 valence electrons. The van der Waals surface area contributed by atoms with Gasteiger partial charge in [-0.15, -0.1) is 0 Å². The van der Waals surface area contributed by atoms with E-state index in [2.05, 4.69) is 9.79 Å². The Morgan fingerprint density at radius 3 is 3.08 bits per heavy atom. The average molecular weight is 173 g/mol. The first-order valence-electron chi connectivity index (χ1n) is 4.11. The molecule has 1 saturated heterocycles. The molecule has 0 bridgehead atoms. The van der Waals surface area contributed by atoms with E-state index in [4.69, 9.17) is 4.89 Å². The molecule has 12 heavy (non-hydrogen) atoms. The van der Waals surface area contributed by atoms with Crippen molar-refractivity contribution in [3.05, 3.63) is 0 Å². The van der Waals surface area contributed by atoms with E-state index >= 15 is 0 Å². The van der Waals surface area contributed by atoms with Gasteiger partial charge in [-0.25, -0.2) is 9.78 Å². The Morgan fingerprint density at radius 1 is 1.67 bits per heavy atom. The largest absolute Gasteiger partial charge is 0.305 e. The molecule has 1 fully saturated rings.